The van der Waals surface area contributed by atoms with E-state index in [1.165, 1.54) is 46.8 Å². The highest BCUT2D eigenvalue weighted by Gasteiger charge is 2.24. The number of aromatic nitrogens is 1. The monoisotopic (exact) mass is 457 g/mol. The molecule has 0 bridgehead atoms. The van der Waals surface area contributed by atoms with Gasteiger partial charge in [0.25, 0.3) is 5.91 Å². The minimum Gasteiger partial charge on any atom is -0.455 e. The number of rotatable bonds is 8. The fourth-order valence-corrected chi connectivity index (χ4v) is 4.54. The zero-order valence-electron chi connectivity index (χ0n) is 18.0. The molecule has 1 heterocycles. The van der Waals surface area contributed by atoms with Gasteiger partial charge in [0.1, 0.15) is 17.3 Å². The van der Waals surface area contributed by atoms with Gasteiger partial charge in [-0.25, -0.2) is 17.8 Å². The Morgan fingerprint density at radius 3 is 2.38 bits per heavy atom. The first-order chi connectivity index (χ1) is 15.2. The number of hydrogen-bond acceptors (Lipinski definition) is 5. The van der Waals surface area contributed by atoms with E-state index < -0.39 is 21.7 Å². The van der Waals surface area contributed by atoms with Crippen LogP contribution in [-0.4, -0.2) is 36.7 Å². The topological polar surface area (TPSA) is 88.6 Å². The van der Waals surface area contributed by atoms with Gasteiger partial charge in [-0.3, -0.25) is 4.79 Å². The number of amides is 1. The standard InChI is InChI=1S/C23H24FN3O4S/c1-4-27(5-2)32(29,30)19-13-14-22(31-18-11-9-17(24)10-12-18)21(15-19)26-23(28)20-8-6-7-16(3)25-20/h6-15H,4-5H2,1-3H3,(H,26,28). The van der Waals surface area contributed by atoms with E-state index in [9.17, 15) is 17.6 Å². The number of nitrogens with zero attached hydrogens (tertiary/aromatic N) is 2. The minimum atomic E-state index is -3.76. The van der Waals surface area contributed by atoms with Gasteiger partial charge in [-0.05, 0) is 61.5 Å². The van der Waals surface area contributed by atoms with Crippen LogP contribution in [0.15, 0.2) is 65.6 Å². The molecule has 0 unspecified atom stereocenters. The molecule has 0 fully saturated rings. The summed E-state index contributed by atoms with van der Waals surface area (Å²) < 4.78 is 46.3. The van der Waals surface area contributed by atoms with Crippen LogP contribution in [0.2, 0.25) is 0 Å². The number of aryl methyl sites for hydroxylation is 1. The molecule has 0 aliphatic carbocycles. The van der Waals surface area contributed by atoms with Crippen LogP contribution in [0.5, 0.6) is 11.5 Å². The van der Waals surface area contributed by atoms with Crippen molar-refractivity contribution in [1.29, 1.82) is 0 Å². The molecule has 0 aliphatic heterocycles. The molecule has 0 atom stereocenters. The molecular formula is C23H24FN3O4S. The molecule has 0 spiro atoms. The predicted octanol–water partition coefficient (Wildman–Crippen LogP) is 4.60. The van der Waals surface area contributed by atoms with Crippen molar-refractivity contribution in [3.8, 4) is 11.5 Å². The van der Waals surface area contributed by atoms with Crippen LogP contribution >= 0.6 is 0 Å². The molecule has 3 aromatic rings. The van der Waals surface area contributed by atoms with Crippen LogP contribution in [0.25, 0.3) is 0 Å². The summed E-state index contributed by atoms with van der Waals surface area (Å²) in [5.41, 5.74) is 0.990. The Hall–Kier alpha value is -3.30. The summed E-state index contributed by atoms with van der Waals surface area (Å²) in [5, 5.41) is 2.69. The van der Waals surface area contributed by atoms with Gasteiger partial charge in [0, 0.05) is 18.8 Å². The quantitative estimate of drug-likeness (QED) is 0.534. The summed E-state index contributed by atoms with van der Waals surface area (Å²) in [7, 11) is -3.76. The number of nitrogens with one attached hydrogen (secondary N) is 1. The van der Waals surface area contributed by atoms with E-state index >= 15 is 0 Å². The molecule has 0 radical (unpaired) electrons. The summed E-state index contributed by atoms with van der Waals surface area (Å²) in [4.78, 5) is 17.0. The predicted molar refractivity (Wildman–Crippen MR) is 120 cm³/mol. The average molecular weight is 458 g/mol. The molecule has 0 saturated heterocycles. The van der Waals surface area contributed by atoms with Gasteiger partial charge in [0.05, 0.1) is 10.6 Å². The molecule has 1 aromatic heterocycles. The number of sulfonamides is 1. The van der Waals surface area contributed by atoms with E-state index in [4.69, 9.17) is 4.74 Å². The molecule has 1 amide bonds. The number of benzene rings is 2. The van der Waals surface area contributed by atoms with Crippen molar-refractivity contribution in [2.45, 2.75) is 25.7 Å². The van der Waals surface area contributed by atoms with Gasteiger partial charge in [-0.2, -0.15) is 4.31 Å². The first-order valence-corrected chi connectivity index (χ1v) is 11.5. The second-order valence-electron chi connectivity index (χ2n) is 6.92. The van der Waals surface area contributed by atoms with E-state index in [0.29, 0.717) is 24.5 Å². The van der Waals surface area contributed by atoms with Crippen molar-refractivity contribution in [2.75, 3.05) is 18.4 Å². The van der Waals surface area contributed by atoms with Crippen molar-refractivity contribution in [3.05, 3.63) is 77.9 Å². The first kappa shape index (κ1) is 23.4. The van der Waals surface area contributed by atoms with Crippen molar-refractivity contribution in [2.24, 2.45) is 0 Å². The average Bonchev–Trinajstić information content (AvgIpc) is 2.77. The van der Waals surface area contributed by atoms with Crippen LogP contribution in [0, 0.1) is 12.7 Å². The highest BCUT2D eigenvalue weighted by atomic mass is 32.2. The molecule has 7 nitrogen and oxygen atoms in total. The van der Waals surface area contributed by atoms with Crippen molar-refractivity contribution >= 4 is 21.6 Å². The third-order valence-electron chi connectivity index (χ3n) is 4.70. The molecular weight excluding hydrogens is 433 g/mol. The molecule has 168 valence electrons. The lowest BCUT2D eigenvalue weighted by Gasteiger charge is -2.20. The summed E-state index contributed by atoms with van der Waals surface area (Å²) in [5.74, 6) is -0.404. The highest BCUT2D eigenvalue weighted by molar-refractivity contribution is 7.89. The Kier molecular flexibility index (Phi) is 7.22. The zero-order valence-corrected chi connectivity index (χ0v) is 18.8. The minimum absolute atomic E-state index is 0.0140. The highest BCUT2D eigenvalue weighted by Crippen LogP contribution is 2.33. The smallest absolute Gasteiger partial charge is 0.274 e. The van der Waals surface area contributed by atoms with Gasteiger partial charge < -0.3 is 10.1 Å². The molecule has 9 heteroatoms. The van der Waals surface area contributed by atoms with Gasteiger partial charge >= 0.3 is 0 Å². The summed E-state index contributed by atoms with van der Waals surface area (Å²) in [6.07, 6.45) is 0. The van der Waals surface area contributed by atoms with Crippen LogP contribution in [0.3, 0.4) is 0 Å². The van der Waals surface area contributed by atoms with Crippen molar-refractivity contribution < 1.29 is 22.3 Å². The maximum absolute atomic E-state index is 13.2. The lowest BCUT2D eigenvalue weighted by molar-refractivity contribution is 0.102. The number of halogens is 1. The molecule has 32 heavy (non-hydrogen) atoms. The van der Waals surface area contributed by atoms with Crippen molar-refractivity contribution in [1.82, 2.24) is 9.29 Å². The normalized spacial score (nSPS) is 11.4. The lowest BCUT2D eigenvalue weighted by Crippen LogP contribution is -2.30. The largest absolute Gasteiger partial charge is 0.455 e. The molecule has 1 N–H and O–H groups in total. The van der Waals surface area contributed by atoms with E-state index in [2.05, 4.69) is 10.3 Å². The van der Waals surface area contributed by atoms with Gasteiger partial charge in [0.2, 0.25) is 10.0 Å². The molecule has 3 rings (SSSR count). The third kappa shape index (κ3) is 5.30. The number of hydrogen-bond donors (Lipinski definition) is 1. The molecule has 0 aliphatic rings. The van der Waals surface area contributed by atoms with Gasteiger partial charge in [-0.1, -0.05) is 19.9 Å². The number of pyridine rings is 1. The summed E-state index contributed by atoms with van der Waals surface area (Å²) >= 11 is 0. The van der Waals surface area contributed by atoms with Crippen LogP contribution in [-0.2, 0) is 10.0 Å². The number of carbonyl (C=O) groups is 1. The maximum atomic E-state index is 13.2. The van der Waals surface area contributed by atoms with E-state index in [1.54, 1.807) is 39.0 Å². The van der Waals surface area contributed by atoms with E-state index in [1.807, 2.05) is 0 Å². The SMILES string of the molecule is CCN(CC)S(=O)(=O)c1ccc(Oc2ccc(F)cc2)c(NC(=O)c2cccc(C)n2)c1. The fourth-order valence-electron chi connectivity index (χ4n) is 3.05. The van der Waals surface area contributed by atoms with Crippen LogP contribution in [0.4, 0.5) is 10.1 Å². The Morgan fingerprint density at radius 1 is 1.06 bits per heavy atom. The molecule has 2 aromatic carbocycles. The second kappa shape index (κ2) is 9.88. The van der Waals surface area contributed by atoms with Crippen LogP contribution in [0.1, 0.15) is 30.0 Å². The molecule has 0 saturated carbocycles. The summed E-state index contributed by atoms with van der Waals surface area (Å²) in [6, 6.07) is 14.6. The lowest BCUT2D eigenvalue weighted by atomic mass is 10.2. The van der Waals surface area contributed by atoms with E-state index in [0.717, 1.165) is 0 Å². The zero-order chi connectivity index (χ0) is 23.3. The fraction of sp³-hybridized carbons (Fsp3) is 0.217. The Balaban J connectivity index is 2.02. The Bertz CT molecular complexity index is 1210. The van der Waals surface area contributed by atoms with E-state index in [-0.39, 0.29) is 22.0 Å². The number of ether oxygens (including phenoxy) is 1. The van der Waals surface area contributed by atoms with Crippen molar-refractivity contribution in [3.63, 3.8) is 0 Å². The maximum Gasteiger partial charge on any atom is 0.274 e. The Labute approximate surface area is 186 Å². The Morgan fingerprint density at radius 2 is 1.75 bits per heavy atom. The number of anilines is 1. The third-order valence-corrected chi connectivity index (χ3v) is 6.75. The van der Waals surface area contributed by atoms with Gasteiger partial charge in [0.15, 0.2) is 5.75 Å². The first-order valence-electron chi connectivity index (χ1n) is 10.1. The van der Waals surface area contributed by atoms with Gasteiger partial charge in [-0.15, -0.1) is 0 Å². The van der Waals surface area contributed by atoms with Crippen LogP contribution < -0.4 is 10.1 Å². The summed E-state index contributed by atoms with van der Waals surface area (Å²) in [6.45, 7) is 5.87. The number of carbonyl (C=O) groups excluding carboxylic acids is 1. The second-order valence-corrected chi connectivity index (χ2v) is 8.86.